The van der Waals surface area contributed by atoms with Crippen LogP contribution in [0.4, 0.5) is 0 Å². The lowest BCUT2D eigenvalue weighted by atomic mass is 10.1. The summed E-state index contributed by atoms with van der Waals surface area (Å²) >= 11 is 0. The first-order valence-electron chi connectivity index (χ1n) is 5.07. The van der Waals surface area contributed by atoms with Crippen LogP contribution >= 0.6 is 7.60 Å². The van der Waals surface area contributed by atoms with Crippen molar-refractivity contribution in [3.63, 3.8) is 0 Å². The third kappa shape index (κ3) is 3.26. The molecule has 1 rings (SSSR count). The number of hydrogen-bond donors (Lipinski definition) is 0. The first-order valence-corrected chi connectivity index (χ1v) is 6.61. The fraction of sp³-hybridized carbons (Fsp3) is 0.273. The standard InChI is InChI=1S/C11H14NO5P/c1-9-4-6-10(7-5-9)11(8-12(13)14)18(15,16-2)17-3/h4-8H,1-3H3/b11-8+. The maximum absolute atomic E-state index is 12.3. The molecule has 0 bridgehead atoms. The van der Waals surface area contributed by atoms with Crippen molar-refractivity contribution < 1.29 is 18.5 Å². The summed E-state index contributed by atoms with van der Waals surface area (Å²) in [6.07, 6.45) is 0.651. The van der Waals surface area contributed by atoms with Gasteiger partial charge in [0, 0.05) is 14.2 Å². The normalized spacial score (nSPS) is 12.5. The summed E-state index contributed by atoms with van der Waals surface area (Å²) in [6, 6.07) is 6.79. The lowest BCUT2D eigenvalue weighted by Crippen LogP contribution is -1.97. The molecule has 0 spiro atoms. The van der Waals surface area contributed by atoms with Gasteiger partial charge in [0.1, 0.15) is 5.31 Å². The van der Waals surface area contributed by atoms with Gasteiger partial charge >= 0.3 is 7.60 Å². The molecule has 0 unspecified atom stereocenters. The molecule has 1 aromatic rings. The Labute approximate surface area is 105 Å². The molecule has 0 fully saturated rings. The molecule has 0 N–H and O–H groups in total. The topological polar surface area (TPSA) is 78.7 Å². The summed E-state index contributed by atoms with van der Waals surface area (Å²) in [4.78, 5) is 9.94. The zero-order valence-corrected chi connectivity index (χ0v) is 11.2. The molecule has 7 heteroatoms. The van der Waals surface area contributed by atoms with E-state index in [-0.39, 0.29) is 5.31 Å². The summed E-state index contributed by atoms with van der Waals surface area (Å²) < 4.78 is 21.8. The second-order valence-electron chi connectivity index (χ2n) is 3.53. The van der Waals surface area contributed by atoms with Crippen LogP contribution in [0.3, 0.4) is 0 Å². The molecule has 0 atom stereocenters. The van der Waals surface area contributed by atoms with Crippen molar-refractivity contribution in [2.45, 2.75) is 6.92 Å². The lowest BCUT2D eigenvalue weighted by Gasteiger charge is -2.15. The molecule has 1 aromatic carbocycles. The van der Waals surface area contributed by atoms with E-state index in [9.17, 15) is 14.7 Å². The summed E-state index contributed by atoms with van der Waals surface area (Å²) in [5, 5.41) is 10.6. The Kier molecular flexibility index (Phi) is 4.78. The van der Waals surface area contributed by atoms with Gasteiger partial charge in [0.2, 0.25) is 6.20 Å². The Morgan fingerprint density at radius 2 is 1.78 bits per heavy atom. The van der Waals surface area contributed by atoms with Gasteiger partial charge in [-0.1, -0.05) is 29.8 Å². The summed E-state index contributed by atoms with van der Waals surface area (Å²) in [5.41, 5.74) is 1.42. The van der Waals surface area contributed by atoms with E-state index >= 15 is 0 Å². The predicted molar refractivity (Wildman–Crippen MR) is 67.8 cm³/mol. The molecular formula is C11H14NO5P. The maximum atomic E-state index is 12.3. The van der Waals surface area contributed by atoms with E-state index in [1.165, 1.54) is 14.2 Å². The van der Waals surface area contributed by atoms with Crippen LogP contribution in [0.1, 0.15) is 11.1 Å². The van der Waals surface area contributed by atoms with Crippen LogP contribution in [-0.4, -0.2) is 19.1 Å². The van der Waals surface area contributed by atoms with Gasteiger partial charge in [-0.2, -0.15) is 0 Å². The molecule has 18 heavy (non-hydrogen) atoms. The van der Waals surface area contributed by atoms with Crippen LogP contribution in [0.25, 0.3) is 5.31 Å². The fourth-order valence-corrected chi connectivity index (χ4v) is 2.64. The molecule has 0 aliphatic heterocycles. The molecule has 0 saturated carbocycles. The second kappa shape index (κ2) is 5.91. The molecule has 0 saturated heterocycles. The van der Waals surface area contributed by atoms with E-state index in [0.29, 0.717) is 11.8 Å². The molecule has 0 radical (unpaired) electrons. The Balaban J connectivity index is 3.35. The quantitative estimate of drug-likeness (QED) is 0.467. The van der Waals surface area contributed by atoms with E-state index in [4.69, 9.17) is 9.05 Å². The Bertz CT molecular complexity index is 501. The lowest BCUT2D eigenvalue weighted by molar-refractivity contribution is -0.401. The van der Waals surface area contributed by atoms with Crippen LogP contribution in [0.5, 0.6) is 0 Å². The van der Waals surface area contributed by atoms with Gasteiger partial charge in [0.25, 0.3) is 0 Å². The zero-order chi connectivity index (χ0) is 13.8. The number of nitrogens with zero attached hydrogens (tertiary/aromatic N) is 1. The maximum Gasteiger partial charge on any atom is 0.367 e. The van der Waals surface area contributed by atoms with Crippen molar-refractivity contribution in [3.05, 3.63) is 51.7 Å². The molecule has 0 heterocycles. The third-order valence-electron chi connectivity index (χ3n) is 2.35. The molecule has 0 amide bonds. The van der Waals surface area contributed by atoms with Gasteiger partial charge in [0.05, 0.1) is 4.92 Å². The minimum absolute atomic E-state index is 0.0718. The number of benzene rings is 1. The highest BCUT2D eigenvalue weighted by Crippen LogP contribution is 2.59. The van der Waals surface area contributed by atoms with Gasteiger partial charge in [-0.25, -0.2) is 0 Å². The second-order valence-corrected chi connectivity index (χ2v) is 5.74. The Morgan fingerprint density at radius 3 is 2.17 bits per heavy atom. The van der Waals surface area contributed by atoms with Crippen molar-refractivity contribution in [2.24, 2.45) is 0 Å². The first-order chi connectivity index (χ1) is 8.42. The highest BCUT2D eigenvalue weighted by molar-refractivity contribution is 7.65. The van der Waals surface area contributed by atoms with E-state index in [1.807, 2.05) is 6.92 Å². The zero-order valence-electron chi connectivity index (χ0n) is 10.3. The van der Waals surface area contributed by atoms with Crippen LogP contribution in [0.2, 0.25) is 0 Å². The molecule has 6 nitrogen and oxygen atoms in total. The summed E-state index contributed by atoms with van der Waals surface area (Å²) in [7, 11) is -1.29. The number of aryl methyl sites for hydroxylation is 1. The van der Waals surface area contributed by atoms with Crippen molar-refractivity contribution in [1.29, 1.82) is 0 Å². The van der Waals surface area contributed by atoms with E-state index in [2.05, 4.69) is 0 Å². The van der Waals surface area contributed by atoms with E-state index in [0.717, 1.165) is 5.56 Å². The largest absolute Gasteiger partial charge is 0.367 e. The van der Waals surface area contributed by atoms with Crippen molar-refractivity contribution in [1.82, 2.24) is 0 Å². The van der Waals surface area contributed by atoms with Crippen molar-refractivity contribution in [2.75, 3.05) is 14.2 Å². The summed E-state index contributed by atoms with van der Waals surface area (Å²) in [6.45, 7) is 1.88. The minimum atomic E-state index is -3.66. The number of rotatable bonds is 5. The SMILES string of the molecule is COP(=O)(OC)/C(=C/[N+](=O)[O-])c1ccc(C)cc1. The average molecular weight is 271 g/mol. The van der Waals surface area contributed by atoms with Crippen LogP contribution < -0.4 is 0 Å². The van der Waals surface area contributed by atoms with E-state index in [1.54, 1.807) is 24.3 Å². The highest BCUT2D eigenvalue weighted by atomic mass is 31.2. The molecule has 0 aliphatic carbocycles. The van der Waals surface area contributed by atoms with Gasteiger partial charge in [-0.15, -0.1) is 0 Å². The Morgan fingerprint density at radius 1 is 1.28 bits per heavy atom. The van der Waals surface area contributed by atoms with Gasteiger partial charge in [-0.3, -0.25) is 14.7 Å². The predicted octanol–water partition coefficient (Wildman–Crippen LogP) is 3.06. The van der Waals surface area contributed by atoms with Crippen LogP contribution in [0, 0.1) is 17.0 Å². The number of hydrogen-bond acceptors (Lipinski definition) is 5. The highest BCUT2D eigenvalue weighted by Gasteiger charge is 2.31. The fourth-order valence-electron chi connectivity index (χ4n) is 1.40. The summed E-state index contributed by atoms with van der Waals surface area (Å²) in [5.74, 6) is 0. The molecular weight excluding hydrogens is 257 g/mol. The molecule has 98 valence electrons. The molecule has 0 aromatic heterocycles. The van der Waals surface area contributed by atoms with Gasteiger partial charge in [-0.05, 0) is 12.5 Å². The smallest absolute Gasteiger partial charge is 0.308 e. The first kappa shape index (κ1) is 14.6. The monoisotopic (exact) mass is 271 g/mol. The van der Waals surface area contributed by atoms with Gasteiger partial charge in [0.15, 0.2) is 0 Å². The van der Waals surface area contributed by atoms with Gasteiger partial charge < -0.3 is 9.05 Å². The van der Waals surface area contributed by atoms with Crippen molar-refractivity contribution >= 4 is 12.9 Å². The number of nitro groups is 1. The molecule has 0 aliphatic rings. The van der Waals surface area contributed by atoms with E-state index < -0.39 is 12.5 Å². The van der Waals surface area contributed by atoms with Crippen LogP contribution in [-0.2, 0) is 13.6 Å². The average Bonchev–Trinajstić information content (AvgIpc) is 2.36. The van der Waals surface area contributed by atoms with Crippen LogP contribution in [0.15, 0.2) is 30.5 Å². The third-order valence-corrected chi connectivity index (χ3v) is 4.28. The van der Waals surface area contributed by atoms with Crippen molar-refractivity contribution in [3.8, 4) is 0 Å². The minimum Gasteiger partial charge on any atom is -0.308 e. The Hall–Kier alpha value is -1.49.